The normalized spacial score (nSPS) is 18.7. The lowest BCUT2D eigenvalue weighted by molar-refractivity contribution is 0.559. The molecule has 1 aromatic heterocycles. The van der Waals surface area contributed by atoms with Crippen molar-refractivity contribution in [2.24, 2.45) is 5.73 Å². The van der Waals surface area contributed by atoms with Gasteiger partial charge in [0.1, 0.15) is 5.82 Å². The van der Waals surface area contributed by atoms with E-state index < -0.39 is 0 Å². The van der Waals surface area contributed by atoms with Crippen LogP contribution in [0.1, 0.15) is 30.1 Å². The van der Waals surface area contributed by atoms with Gasteiger partial charge in [-0.05, 0) is 65.0 Å². The smallest absolute Gasteiger partial charge is 0.139 e. The van der Waals surface area contributed by atoms with Crippen LogP contribution in [0.3, 0.4) is 0 Å². The van der Waals surface area contributed by atoms with Crippen LogP contribution in [-0.4, -0.2) is 4.57 Å². The van der Waals surface area contributed by atoms with E-state index in [1.807, 2.05) is 16.8 Å². The Morgan fingerprint density at radius 3 is 2.94 bits per heavy atom. The Balaban J connectivity index is 2.09. The number of hydrogen-bond donors (Lipinski definition) is 1. The van der Waals surface area contributed by atoms with Crippen LogP contribution in [0.4, 0.5) is 4.39 Å². The first-order valence-electron chi connectivity index (χ1n) is 6.08. The zero-order valence-corrected chi connectivity index (χ0v) is 11.5. The summed E-state index contributed by atoms with van der Waals surface area (Å²) in [5.41, 5.74) is 9.37. The summed E-state index contributed by atoms with van der Waals surface area (Å²) in [6, 6.07) is 7.37. The fraction of sp³-hybridized carbons (Fsp3) is 0.286. The highest BCUT2D eigenvalue weighted by Crippen LogP contribution is 2.31. The first-order valence-corrected chi connectivity index (χ1v) is 6.87. The first kappa shape index (κ1) is 11.9. The van der Waals surface area contributed by atoms with E-state index in [-0.39, 0.29) is 11.9 Å². The van der Waals surface area contributed by atoms with Crippen molar-refractivity contribution >= 4 is 15.9 Å². The third kappa shape index (κ3) is 1.89. The number of nitrogens with two attached hydrogens (primary N) is 1. The van der Waals surface area contributed by atoms with Crippen molar-refractivity contribution in [3.63, 3.8) is 0 Å². The lowest BCUT2D eigenvalue weighted by Crippen LogP contribution is -2.17. The van der Waals surface area contributed by atoms with E-state index in [0.717, 1.165) is 24.9 Å². The lowest BCUT2D eigenvalue weighted by Gasteiger charge is -2.21. The molecule has 1 aliphatic rings. The van der Waals surface area contributed by atoms with Gasteiger partial charge in [0.05, 0.1) is 4.47 Å². The van der Waals surface area contributed by atoms with E-state index in [1.165, 1.54) is 11.3 Å². The van der Waals surface area contributed by atoms with Crippen molar-refractivity contribution in [3.8, 4) is 5.69 Å². The fourth-order valence-corrected chi connectivity index (χ4v) is 2.85. The van der Waals surface area contributed by atoms with Crippen LogP contribution in [0, 0.1) is 5.82 Å². The Bertz CT molecular complexity index is 591. The molecule has 0 saturated heterocycles. The summed E-state index contributed by atoms with van der Waals surface area (Å²) in [5.74, 6) is -0.241. The second-order valence-electron chi connectivity index (χ2n) is 4.68. The number of aromatic nitrogens is 1. The van der Waals surface area contributed by atoms with Crippen molar-refractivity contribution in [2.45, 2.75) is 25.3 Å². The fourth-order valence-electron chi connectivity index (χ4n) is 2.60. The summed E-state index contributed by atoms with van der Waals surface area (Å²) in [6.45, 7) is 0. The molecule has 3 rings (SSSR count). The third-order valence-electron chi connectivity index (χ3n) is 3.54. The average molecular weight is 309 g/mol. The molecule has 1 atom stereocenters. The molecular weight excluding hydrogens is 295 g/mol. The Hall–Kier alpha value is -1.13. The molecule has 18 heavy (non-hydrogen) atoms. The number of nitrogens with zero attached hydrogens (tertiary/aromatic N) is 1. The van der Waals surface area contributed by atoms with Gasteiger partial charge in [-0.1, -0.05) is 0 Å². The largest absolute Gasteiger partial charge is 0.324 e. The summed E-state index contributed by atoms with van der Waals surface area (Å²) >= 11 is 3.17. The van der Waals surface area contributed by atoms with Crippen LogP contribution < -0.4 is 5.73 Å². The van der Waals surface area contributed by atoms with Crippen LogP contribution >= 0.6 is 15.9 Å². The molecule has 94 valence electrons. The van der Waals surface area contributed by atoms with Crippen molar-refractivity contribution < 1.29 is 4.39 Å². The molecule has 0 aliphatic heterocycles. The average Bonchev–Trinajstić information content (AvgIpc) is 2.78. The van der Waals surface area contributed by atoms with Gasteiger partial charge in [-0.2, -0.15) is 0 Å². The topological polar surface area (TPSA) is 30.9 Å². The minimum absolute atomic E-state index is 0.121. The molecule has 0 saturated carbocycles. The van der Waals surface area contributed by atoms with Crippen LogP contribution in [0.15, 0.2) is 34.9 Å². The van der Waals surface area contributed by atoms with Gasteiger partial charge in [-0.3, -0.25) is 0 Å². The SMILES string of the molecule is NC1CCCc2c1ccn2-c1ccc(Br)c(F)c1. The van der Waals surface area contributed by atoms with Gasteiger partial charge in [-0.15, -0.1) is 0 Å². The van der Waals surface area contributed by atoms with Gasteiger partial charge in [0.15, 0.2) is 0 Å². The molecular formula is C14H14BrFN2. The second kappa shape index (κ2) is 4.52. The van der Waals surface area contributed by atoms with E-state index in [4.69, 9.17) is 5.73 Å². The molecule has 4 heteroatoms. The minimum atomic E-state index is -0.241. The molecule has 1 aromatic carbocycles. The Morgan fingerprint density at radius 2 is 2.17 bits per heavy atom. The van der Waals surface area contributed by atoms with Crippen LogP contribution in [0.25, 0.3) is 5.69 Å². The molecule has 1 aliphatic carbocycles. The number of hydrogen-bond acceptors (Lipinski definition) is 1. The Kier molecular flexibility index (Phi) is 2.99. The second-order valence-corrected chi connectivity index (χ2v) is 5.54. The van der Waals surface area contributed by atoms with E-state index in [0.29, 0.717) is 4.47 Å². The zero-order chi connectivity index (χ0) is 12.7. The number of halogens is 2. The highest BCUT2D eigenvalue weighted by molar-refractivity contribution is 9.10. The van der Waals surface area contributed by atoms with E-state index in [2.05, 4.69) is 22.0 Å². The van der Waals surface area contributed by atoms with Crippen molar-refractivity contribution in [1.29, 1.82) is 0 Å². The highest BCUT2D eigenvalue weighted by atomic mass is 79.9. The summed E-state index contributed by atoms with van der Waals surface area (Å²) in [5, 5.41) is 0. The molecule has 0 bridgehead atoms. The summed E-state index contributed by atoms with van der Waals surface area (Å²) < 4.78 is 16.1. The van der Waals surface area contributed by atoms with E-state index in [9.17, 15) is 4.39 Å². The molecule has 1 heterocycles. The van der Waals surface area contributed by atoms with Gasteiger partial charge in [0.2, 0.25) is 0 Å². The predicted octanol–water partition coefficient (Wildman–Crippen LogP) is 3.72. The van der Waals surface area contributed by atoms with Crippen molar-refractivity contribution in [3.05, 3.63) is 52.0 Å². The van der Waals surface area contributed by atoms with Crippen molar-refractivity contribution in [2.75, 3.05) is 0 Å². The molecule has 0 fully saturated rings. The summed E-state index contributed by atoms with van der Waals surface area (Å²) in [6.07, 6.45) is 5.12. The number of benzene rings is 1. The first-order chi connectivity index (χ1) is 8.66. The van der Waals surface area contributed by atoms with Gasteiger partial charge < -0.3 is 10.3 Å². The molecule has 1 unspecified atom stereocenters. The monoisotopic (exact) mass is 308 g/mol. The maximum atomic E-state index is 13.6. The van der Waals surface area contributed by atoms with Gasteiger partial charge in [-0.25, -0.2) is 4.39 Å². The number of fused-ring (bicyclic) bond motifs is 1. The number of rotatable bonds is 1. The highest BCUT2D eigenvalue weighted by Gasteiger charge is 2.20. The lowest BCUT2D eigenvalue weighted by atomic mass is 9.93. The third-order valence-corrected chi connectivity index (χ3v) is 4.18. The summed E-state index contributed by atoms with van der Waals surface area (Å²) in [7, 11) is 0. The molecule has 2 N–H and O–H groups in total. The zero-order valence-electron chi connectivity index (χ0n) is 9.87. The minimum Gasteiger partial charge on any atom is -0.324 e. The predicted molar refractivity (Wildman–Crippen MR) is 73.3 cm³/mol. The van der Waals surface area contributed by atoms with Crippen molar-refractivity contribution in [1.82, 2.24) is 4.57 Å². The maximum absolute atomic E-state index is 13.6. The molecule has 2 aromatic rings. The van der Waals surface area contributed by atoms with Gasteiger partial charge in [0, 0.05) is 23.6 Å². The van der Waals surface area contributed by atoms with Crippen LogP contribution in [0.2, 0.25) is 0 Å². The Morgan fingerprint density at radius 1 is 1.33 bits per heavy atom. The van der Waals surface area contributed by atoms with Gasteiger partial charge >= 0.3 is 0 Å². The molecule has 0 amide bonds. The Labute approximate surface area is 114 Å². The molecule has 0 radical (unpaired) electrons. The van der Waals surface area contributed by atoms with Gasteiger partial charge in [0.25, 0.3) is 0 Å². The quantitative estimate of drug-likeness (QED) is 0.855. The maximum Gasteiger partial charge on any atom is 0.139 e. The summed E-state index contributed by atoms with van der Waals surface area (Å²) in [4.78, 5) is 0. The van der Waals surface area contributed by atoms with E-state index in [1.54, 1.807) is 12.1 Å². The van der Waals surface area contributed by atoms with E-state index >= 15 is 0 Å². The molecule has 2 nitrogen and oxygen atoms in total. The van der Waals surface area contributed by atoms with Crippen LogP contribution in [0.5, 0.6) is 0 Å². The van der Waals surface area contributed by atoms with Crippen LogP contribution in [-0.2, 0) is 6.42 Å². The standard InChI is InChI=1S/C14H14BrFN2/c15-11-5-4-9(8-12(11)16)18-7-6-10-13(17)2-1-3-14(10)18/h4-8,13H,1-3,17H2. The molecule has 0 spiro atoms.